The Balaban J connectivity index is 2.15. The van der Waals surface area contributed by atoms with Crippen molar-refractivity contribution in [3.63, 3.8) is 0 Å². The van der Waals surface area contributed by atoms with Gasteiger partial charge in [0, 0.05) is 6.42 Å². The van der Waals surface area contributed by atoms with Gasteiger partial charge in [0.1, 0.15) is 11.3 Å². The summed E-state index contributed by atoms with van der Waals surface area (Å²) in [5.74, 6) is 0.0309. The van der Waals surface area contributed by atoms with Gasteiger partial charge in [0.15, 0.2) is 0 Å². The Morgan fingerprint density at radius 2 is 2.18 bits per heavy atom. The molecule has 1 aromatic rings. The number of hydrogen-bond donors (Lipinski definition) is 2. The van der Waals surface area contributed by atoms with Crippen molar-refractivity contribution in [3.05, 3.63) is 29.8 Å². The van der Waals surface area contributed by atoms with Gasteiger partial charge in [-0.3, -0.25) is 4.79 Å². The fourth-order valence-corrected chi connectivity index (χ4v) is 2.31. The maximum atomic E-state index is 11.4. The number of aliphatic carboxylic acids is 1. The van der Waals surface area contributed by atoms with Gasteiger partial charge in [0.25, 0.3) is 0 Å². The molecule has 4 heteroatoms. The van der Waals surface area contributed by atoms with Gasteiger partial charge in [-0.1, -0.05) is 12.1 Å². The summed E-state index contributed by atoms with van der Waals surface area (Å²) in [6.45, 7) is 0.780. The third-order valence-corrected chi connectivity index (χ3v) is 3.32. The number of carbonyl (C=O) groups is 1. The second-order valence-electron chi connectivity index (χ2n) is 4.44. The fourth-order valence-electron chi connectivity index (χ4n) is 2.31. The Morgan fingerprint density at radius 1 is 1.47 bits per heavy atom. The van der Waals surface area contributed by atoms with Gasteiger partial charge in [-0.2, -0.15) is 0 Å². The van der Waals surface area contributed by atoms with Crippen molar-refractivity contribution in [3.8, 4) is 5.75 Å². The molecule has 0 radical (unpaired) electrons. The van der Waals surface area contributed by atoms with E-state index in [0.29, 0.717) is 12.8 Å². The second kappa shape index (κ2) is 4.75. The third-order valence-electron chi connectivity index (χ3n) is 3.32. The SMILES string of the molecule is COc1ccc(CC2(C(=O)O)CCCN2)cc1. The van der Waals surface area contributed by atoms with Crippen molar-refractivity contribution in [2.45, 2.75) is 24.8 Å². The lowest BCUT2D eigenvalue weighted by Gasteiger charge is -2.24. The van der Waals surface area contributed by atoms with E-state index in [0.717, 1.165) is 24.3 Å². The summed E-state index contributed by atoms with van der Waals surface area (Å²) >= 11 is 0. The van der Waals surface area contributed by atoms with Gasteiger partial charge < -0.3 is 15.2 Å². The third kappa shape index (κ3) is 2.42. The number of hydrogen-bond acceptors (Lipinski definition) is 3. The average Bonchev–Trinajstić information content (AvgIpc) is 2.80. The van der Waals surface area contributed by atoms with Crippen molar-refractivity contribution >= 4 is 5.97 Å². The minimum Gasteiger partial charge on any atom is -0.497 e. The summed E-state index contributed by atoms with van der Waals surface area (Å²) in [4.78, 5) is 11.4. The average molecular weight is 235 g/mol. The van der Waals surface area contributed by atoms with E-state index in [1.165, 1.54) is 0 Å². The Morgan fingerprint density at radius 3 is 2.65 bits per heavy atom. The van der Waals surface area contributed by atoms with Crippen molar-refractivity contribution in [1.82, 2.24) is 5.32 Å². The lowest BCUT2D eigenvalue weighted by molar-refractivity contribution is -0.144. The smallest absolute Gasteiger partial charge is 0.324 e. The summed E-state index contributed by atoms with van der Waals surface area (Å²) in [7, 11) is 1.62. The number of ether oxygens (including phenoxy) is 1. The predicted octanol–water partition coefficient (Wildman–Crippen LogP) is 1.44. The normalized spacial score (nSPS) is 23.6. The van der Waals surface area contributed by atoms with E-state index < -0.39 is 11.5 Å². The Labute approximate surface area is 101 Å². The Kier molecular flexibility index (Phi) is 3.33. The van der Waals surface area contributed by atoms with Gasteiger partial charge in [0.2, 0.25) is 0 Å². The quantitative estimate of drug-likeness (QED) is 0.829. The predicted molar refractivity (Wildman–Crippen MR) is 64.3 cm³/mol. The highest BCUT2D eigenvalue weighted by Crippen LogP contribution is 2.25. The number of benzene rings is 1. The van der Waals surface area contributed by atoms with Crippen molar-refractivity contribution < 1.29 is 14.6 Å². The first-order valence-corrected chi connectivity index (χ1v) is 5.78. The molecule has 2 N–H and O–H groups in total. The van der Waals surface area contributed by atoms with Gasteiger partial charge >= 0.3 is 5.97 Å². The monoisotopic (exact) mass is 235 g/mol. The second-order valence-corrected chi connectivity index (χ2v) is 4.44. The molecule has 0 spiro atoms. The molecule has 1 aliphatic heterocycles. The van der Waals surface area contributed by atoms with Crippen LogP contribution in [0.5, 0.6) is 5.75 Å². The molecule has 1 aliphatic rings. The van der Waals surface area contributed by atoms with E-state index in [1.54, 1.807) is 7.11 Å². The van der Waals surface area contributed by atoms with Crippen molar-refractivity contribution in [2.24, 2.45) is 0 Å². The molecule has 1 saturated heterocycles. The van der Waals surface area contributed by atoms with E-state index in [-0.39, 0.29) is 0 Å². The highest BCUT2D eigenvalue weighted by molar-refractivity contribution is 5.79. The van der Waals surface area contributed by atoms with E-state index >= 15 is 0 Å². The molecule has 1 fully saturated rings. The lowest BCUT2D eigenvalue weighted by atomic mass is 9.89. The first kappa shape index (κ1) is 11.9. The van der Waals surface area contributed by atoms with Gasteiger partial charge in [-0.25, -0.2) is 0 Å². The van der Waals surface area contributed by atoms with Crippen LogP contribution in [-0.2, 0) is 11.2 Å². The maximum absolute atomic E-state index is 11.4. The van der Waals surface area contributed by atoms with Gasteiger partial charge in [0.05, 0.1) is 7.11 Å². The molecule has 1 atom stereocenters. The molecular weight excluding hydrogens is 218 g/mol. The molecule has 1 unspecified atom stereocenters. The Hall–Kier alpha value is -1.55. The largest absolute Gasteiger partial charge is 0.497 e. The summed E-state index contributed by atoms with van der Waals surface area (Å²) in [5.41, 5.74) is 0.233. The van der Waals surface area contributed by atoms with E-state index in [4.69, 9.17) is 4.74 Å². The van der Waals surface area contributed by atoms with Crippen LogP contribution in [0.15, 0.2) is 24.3 Å². The zero-order valence-corrected chi connectivity index (χ0v) is 9.90. The molecule has 1 aromatic carbocycles. The lowest BCUT2D eigenvalue weighted by Crippen LogP contribution is -2.49. The molecule has 0 saturated carbocycles. The van der Waals surface area contributed by atoms with Crippen LogP contribution in [0.3, 0.4) is 0 Å². The summed E-state index contributed by atoms with van der Waals surface area (Å²) < 4.78 is 5.08. The van der Waals surface area contributed by atoms with Crippen LogP contribution >= 0.6 is 0 Å². The zero-order chi connectivity index (χ0) is 12.3. The molecule has 92 valence electrons. The van der Waals surface area contributed by atoms with E-state index in [1.807, 2.05) is 24.3 Å². The van der Waals surface area contributed by atoms with Crippen LogP contribution in [0.4, 0.5) is 0 Å². The van der Waals surface area contributed by atoms with Gasteiger partial charge in [-0.05, 0) is 37.1 Å². The van der Waals surface area contributed by atoms with E-state index in [2.05, 4.69) is 5.32 Å². The molecule has 0 bridgehead atoms. The molecule has 0 amide bonds. The van der Waals surface area contributed by atoms with Crippen LogP contribution in [0.1, 0.15) is 18.4 Å². The molecule has 4 nitrogen and oxygen atoms in total. The summed E-state index contributed by atoms with van der Waals surface area (Å²) in [5, 5.41) is 12.5. The first-order chi connectivity index (χ1) is 8.16. The van der Waals surface area contributed by atoms with Crippen LogP contribution in [0.25, 0.3) is 0 Å². The summed E-state index contributed by atoms with van der Waals surface area (Å²) in [6, 6.07) is 7.56. The highest BCUT2D eigenvalue weighted by Gasteiger charge is 2.40. The standard InChI is InChI=1S/C13H17NO3/c1-17-11-5-3-10(4-6-11)9-13(12(15)16)7-2-8-14-13/h3-6,14H,2,7-9H2,1H3,(H,15,16). The number of nitrogens with one attached hydrogen (secondary N) is 1. The topological polar surface area (TPSA) is 58.6 Å². The van der Waals surface area contributed by atoms with Crippen LogP contribution in [0, 0.1) is 0 Å². The fraction of sp³-hybridized carbons (Fsp3) is 0.462. The first-order valence-electron chi connectivity index (χ1n) is 5.78. The number of rotatable bonds is 4. The molecule has 1 heterocycles. The minimum atomic E-state index is -0.783. The molecular formula is C13H17NO3. The van der Waals surface area contributed by atoms with Crippen LogP contribution in [-0.4, -0.2) is 30.3 Å². The zero-order valence-electron chi connectivity index (χ0n) is 9.90. The van der Waals surface area contributed by atoms with Crippen LogP contribution in [0.2, 0.25) is 0 Å². The van der Waals surface area contributed by atoms with Crippen molar-refractivity contribution in [1.29, 1.82) is 0 Å². The summed E-state index contributed by atoms with van der Waals surface area (Å²) in [6.07, 6.45) is 2.13. The van der Waals surface area contributed by atoms with Gasteiger partial charge in [-0.15, -0.1) is 0 Å². The number of methoxy groups -OCH3 is 1. The number of carboxylic acid groups (broad SMARTS) is 1. The van der Waals surface area contributed by atoms with Crippen molar-refractivity contribution in [2.75, 3.05) is 13.7 Å². The van der Waals surface area contributed by atoms with Crippen LogP contribution < -0.4 is 10.1 Å². The van der Waals surface area contributed by atoms with E-state index in [9.17, 15) is 9.90 Å². The highest BCUT2D eigenvalue weighted by atomic mass is 16.5. The molecule has 17 heavy (non-hydrogen) atoms. The number of carboxylic acids is 1. The molecule has 0 aliphatic carbocycles. The molecule has 0 aromatic heterocycles. The molecule has 2 rings (SSSR count). The maximum Gasteiger partial charge on any atom is 0.324 e. The Bertz CT molecular complexity index is 394. The minimum absolute atomic E-state index is 0.520.